The fraction of sp³-hybridized carbons (Fsp3) is 0.143. The third-order valence-electron chi connectivity index (χ3n) is 5.61. The summed E-state index contributed by atoms with van der Waals surface area (Å²) in [7, 11) is 0. The SMILES string of the molecule is Cc1cc(C)nc(OC(C(=O)O)C(NC(=O)c2ccccc2)(c2ccccc2)c2ccccc2)n1. The quantitative estimate of drug-likeness (QED) is 0.401. The number of hydrogen-bond donors (Lipinski definition) is 2. The molecule has 1 amide bonds. The lowest BCUT2D eigenvalue weighted by molar-refractivity contribution is -0.148. The number of nitrogens with zero attached hydrogens (tertiary/aromatic N) is 2. The monoisotopic (exact) mass is 467 g/mol. The zero-order valence-corrected chi connectivity index (χ0v) is 19.4. The average Bonchev–Trinajstić information content (AvgIpc) is 2.87. The van der Waals surface area contributed by atoms with Gasteiger partial charge in [-0.05, 0) is 43.2 Å². The van der Waals surface area contributed by atoms with Crippen LogP contribution in [-0.2, 0) is 10.3 Å². The van der Waals surface area contributed by atoms with Crippen LogP contribution in [0.3, 0.4) is 0 Å². The molecule has 0 saturated heterocycles. The van der Waals surface area contributed by atoms with Crippen molar-refractivity contribution in [1.82, 2.24) is 15.3 Å². The standard InChI is InChI=1S/C28H25N3O4/c1-19-18-20(2)30-27(29-19)35-24(26(33)34)28(22-14-8-4-9-15-22,23-16-10-5-11-17-23)31-25(32)21-12-6-3-7-13-21/h3-18,24H,1-2H3,(H,31,32)(H,33,34). The molecule has 176 valence electrons. The molecule has 0 aliphatic heterocycles. The summed E-state index contributed by atoms with van der Waals surface area (Å²) in [5, 5.41) is 13.5. The summed E-state index contributed by atoms with van der Waals surface area (Å²) >= 11 is 0. The fourth-order valence-corrected chi connectivity index (χ4v) is 4.10. The Bertz CT molecular complexity index is 1250. The first-order chi connectivity index (χ1) is 16.9. The maximum absolute atomic E-state index is 13.5. The van der Waals surface area contributed by atoms with Gasteiger partial charge in [0.15, 0.2) is 0 Å². The van der Waals surface area contributed by atoms with Gasteiger partial charge >= 0.3 is 12.0 Å². The van der Waals surface area contributed by atoms with Crippen LogP contribution < -0.4 is 10.1 Å². The number of carbonyl (C=O) groups excluding carboxylic acids is 1. The molecule has 0 aliphatic rings. The third kappa shape index (κ3) is 5.04. The van der Waals surface area contributed by atoms with Crippen molar-refractivity contribution in [2.45, 2.75) is 25.5 Å². The Hall–Kier alpha value is -4.52. The maximum Gasteiger partial charge on any atom is 0.348 e. The minimum absolute atomic E-state index is 0.0832. The Labute approximate surface area is 203 Å². The lowest BCUT2D eigenvalue weighted by Crippen LogP contribution is -2.60. The number of amides is 1. The van der Waals surface area contributed by atoms with E-state index in [9.17, 15) is 14.7 Å². The maximum atomic E-state index is 13.5. The van der Waals surface area contributed by atoms with Crippen LogP contribution in [0.1, 0.15) is 32.9 Å². The summed E-state index contributed by atoms with van der Waals surface area (Å²) in [5.74, 6) is -1.73. The highest BCUT2D eigenvalue weighted by Crippen LogP contribution is 2.36. The molecule has 0 fully saturated rings. The number of nitrogens with one attached hydrogen (secondary N) is 1. The Morgan fingerprint density at radius 3 is 1.71 bits per heavy atom. The second kappa shape index (κ2) is 10.2. The first-order valence-corrected chi connectivity index (χ1v) is 11.1. The first-order valence-electron chi connectivity index (χ1n) is 11.1. The normalized spacial score (nSPS) is 11.9. The van der Waals surface area contributed by atoms with E-state index in [2.05, 4.69) is 15.3 Å². The average molecular weight is 468 g/mol. The van der Waals surface area contributed by atoms with E-state index in [0.29, 0.717) is 28.1 Å². The van der Waals surface area contributed by atoms with Crippen LogP contribution in [0.4, 0.5) is 0 Å². The van der Waals surface area contributed by atoms with Crippen molar-refractivity contribution in [3.63, 3.8) is 0 Å². The number of rotatable bonds is 8. The Kier molecular flexibility index (Phi) is 6.87. The molecule has 0 saturated carbocycles. The molecule has 1 heterocycles. The molecule has 0 spiro atoms. The van der Waals surface area contributed by atoms with Crippen LogP contribution in [0.15, 0.2) is 97.1 Å². The number of ether oxygens (including phenoxy) is 1. The molecule has 2 N–H and O–H groups in total. The second-order valence-electron chi connectivity index (χ2n) is 8.13. The summed E-state index contributed by atoms with van der Waals surface area (Å²) in [4.78, 5) is 34.9. The minimum atomic E-state index is -1.61. The highest BCUT2D eigenvalue weighted by Gasteiger charge is 2.50. The summed E-state index contributed by atoms with van der Waals surface area (Å²) in [6.45, 7) is 3.55. The summed E-state index contributed by atoms with van der Waals surface area (Å²) in [6.07, 6.45) is -1.60. The van der Waals surface area contributed by atoms with E-state index in [0.717, 1.165) is 0 Å². The lowest BCUT2D eigenvalue weighted by Gasteiger charge is -2.39. The molecular weight excluding hydrogens is 442 g/mol. The summed E-state index contributed by atoms with van der Waals surface area (Å²) in [5.41, 5.74) is 1.11. The number of benzene rings is 3. The molecule has 1 unspecified atom stereocenters. The molecule has 0 aliphatic carbocycles. The molecule has 3 aromatic carbocycles. The third-order valence-corrected chi connectivity index (χ3v) is 5.61. The molecule has 1 aromatic heterocycles. The molecule has 4 aromatic rings. The van der Waals surface area contributed by atoms with Crippen LogP contribution in [0, 0.1) is 13.8 Å². The van der Waals surface area contributed by atoms with Crippen molar-refractivity contribution < 1.29 is 19.4 Å². The van der Waals surface area contributed by atoms with Gasteiger partial charge in [0.1, 0.15) is 5.54 Å². The predicted molar refractivity (Wildman–Crippen MR) is 131 cm³/mol. The Morgan fingerprint density at radius 2 is 1.26 bits per heavy atom. The summed E-state index contributed by atoms with van der Waals surface area (Å²) in [6, 6.07) is 28.2. The van der Waals surface area contributed by atoms with E-state index >= 15 is 0 Å². The largest absolute Gasteiger partial charge is 0.478 e. The second-order valence-corrected chi connectivity index (χ2v) is 8.13. The van der Waals surface area contributed by atoms with Crippen LogP contribution in [0.5, 0.6) is 6.01 Å². The molecule has 35 heavy (non-hydrogen) atoms. The molecule has 4 rings (SSSR count). The molecular formula is C28H25N3O4. The smallest absolute Gasteiger partial charge is 0.348 e. The van der Waals surface area contributed by atoms with E-state index in [4.69, 9.17) is 4.74 Å². The van der Waals surface area contributed by atoms with Crippen molar-refractivity contribution in [3.05, 3.63) is 125 Å². The zero-order valence-electron chi connectivity index (χ0n) is 19.4. The van der Waals surface area contributed by atoms with Gasteiger partial charge in [0.05, 0.1) is 0 Å². The Morgan fingerprint density at radius 1 is 0.800 bits per heavy atom. The molecule has 1 atom stereocenters. The van der Waals surface area contributed by atoms with Gasteiger partial charge in [0, 0.05) is 17.0 Å². The zero-order chi connectivity index (χ0) is 24.8. The first kappa shape index (κ1) is 23.6. The molecule has 0 bridgehead atoms. The van der Waals surface area contributed by atoms with Gasteiger partial charge < -0.3 is 15.2 Å². The number of aromatic nitrogens is 2. The highest BCUT2D eigenvalue weighted by atomic mass is 16.5. The van der Waals surface area contributed by atoms with E-state index in [1.165, 1.54) is 0 Å². The van der Waals surface area contributed by atoms with Gasteiger partial charge in [-0.1, -0.05) is 78.9 Å². The van der Waals surface area contributed by atoms with E-state index < -0.39 is 23.5 Å². The Balaban J connectivity index is 1.95. The van der Waals surface area contributed by atoms with Crippen molar-refractivity contribution in [2.75, 3.05) is 0 Å². The topological polar surface area (TPSA) is 101 Å². The molecule has 0 radical (unpaired) electrons. The number of aliphatic carboxylic acids is 1. The minimum Gasteiger partial charge on any atom is -0.478 e. The van der Waals surface area contributed by atoms with Gasteiger partial charge in [-0.25, -0.2) is 14.8 Å². The van der Waals surface area contributed by atoms with E-state index in [1.54, 1.807) is 98.8 Å². The molecule has 7 heteroatoms. The summed E-state index contributed by atoms with van der Waals surface area (Å²) < 4.78 is 6.01. The van der Waals surface area contributed by atoms with Gasteiger partial charge in [-0.15, -0.1) is 0 Å². The fourth-order valence-electron chi connectivity index (χ4n) is 4.10. The van der Waals surface area contributed by atoms with Gasteiger partial charge in [0.2, 0.25) is 6.10 Å². The van der Waals surface area contributed by atoms with Crippen LogP contribution in [0.25, 0.3) is 0 Å². The van der Waals surface area contributed by atoms with Crippen molar-refractivity contribution in [3.8, 4) is 6.01 Å². The van der Waals surface area contributed by atoms with E-state index in [-0.39, 0.29) is 6.01 Å². The highest BCUT2D eigenvalue weighted by molar-refractivity contribution is 5.96. The van der Waals surface area contributed by atoms with Crippen molar-refractivity contribution in [1.29, 1.82) is 0 Å². The number of aryl methyl sites for hydroxylation is 2. The number of hydrogen-bond acceptors (Lipinski definition) is 5. The van der Waals surface area contributed by atoms with Crippen LogP contribution in [-0.4, -0.2) is 33.1 Å². The van der Waals surface area contributed by atoms with Gasteiger partial charge in [-0.2, -0.15) is 0 Å². The lowest BCUT2D eigenvalue weighted by atomic mass is 9.77. The molecule has 7 nitrogen and oxygen atoms in total. The number of carboxylic acids is 1. The van der Waals surface area contributed by atoms with Crippen molar-refractivity contribution >= 4 is 11.9 Å². The van der Waals surface area contributed by atoms with Crippen molar-refractivity contribution in [2.24, 2.45) is 0 Å². The number of carboxylic acid groups (broad SMARTS) is 1. The van der Waals surface area contributed by atoms with Gasteiger partial charge in [0.25, 0.3) is 5.91 Å². The van der Waals surface area contributed by atoms with E-state index in [1.807, 2.05) is 12.1 Å². The predicted octanol–water partition coefficient (Wildman–Crippen LogP) is 4.30. The van der Waals surface area contributed by atoms with Gasteiger partial charge in [-0.3, -0.25) is 4.79 Å². The van der Waals surface area contributed by atoms with Crippen LogP contribution >= 0.6 is 0 Å². The van der Waals surface area contributed by atoms with Crippen LogP contribution in [0.2, 0.25) is 0 Å². The number of carbonyl (C=O) groups is 2.